The molecule has 1 aliphatic heterocycles. The van der Waals surface area contributed by atoms with Crippen LogP contribution in [0.3, 0.4) is 0 Å². The Morgan fingerprint density at radius 1 is 1.62 bits per heavy atom. The van der Waals surface area contributed by atoms with E-state index >= 15 is 0 Å². The SMILES string of the molecule is C/C=C(\Cl)C12OC1(Cl)C(O)C=C(OC)C2O. The average molecular weight is 267 g/mol. The Morgan fingerprint density at radius 2 is 2.25 bits per heavy atom. The summed E-state index contributed by atoms with van der Waals surface area (Å²) in [7, 11) is 1.39. The van der Waals surface area contributed by atoms with Crippen LogP contribution in [-0.2, 0) is 9.47 Å². The van der Waals surface area contributed by atoms with E-state index in [1.54, 1.807) is 13.0 Å². The molecular formula is C10H12Cl2O4. The summed E-state index contributed by atoms with van der Waals surface area (Å²) in [6.07, 6.45) is 0.687. The summed E-state index contributed by atoms with van der Waals surface area (Å²) in [6, 6.07) is 0. The van der Waals surface area contributed by atoms with Crippen LogP contribution in [0.4, 0.5) is 0 Å². The van der Waals surface area contributed by atoms with Crippen LogP contribution in [0.15, 0.2) is 22.9 Å². The molecule has 1 heterocycles. The van der Waals surface area contributed by atoms with Crippen molar-refractivity contribution in [2.45, 2.75) is 29.8 Å². The van der Waals surface area contributed by atoms with E-state index < -0.39 is 22.9 Å². The second kappa shape index (κ2) is 3.62. The monoisotopic (exact) mass is 266 g/mol. The molecule has 0 aromatic carbocycles. The normalized spacial score (nSPS) is 47.1. The molecule has 2 N–H and O–H groups in total. The minimum atomic E-state index is -1.40. The van der Waals surface area contributed by atoms with Crippen LogP contribution in [0.1, 0.15) is 6.92 Å². The number of alkyl halides is 1. The number of allylic oxidation sites excluding steroid dienone is 1. The predicted molar refractivity (Wildman–Crippen MR) is 59.1 cm³/mol. The van der Waals surface area contributed by atoms with Crippen molar-refractivity contribution in [3.8, 4) is 0 Å². The fourth-order valence-corrected chi connectivity index (χ4v) is 2.74. The number of hydrogen-bond donors (Lipinski definition) is 2. The van der Waals surface area contributed by atoms with Gasteiger partial charge in [0.05, 0.1) is 12.1 Å². The van der Waals surface area contributed by atoms with Crippen molar-refractivity contribution in [1.29, 1.82) is 0 Å². The maximum atomic E-state index is 10.1. The summed E-state index contributed by atoms with van der Waals surface area (Å²) in [5, 5.41) is 18.7. The summed E-state index contributed by atoms with van der Waals surface area (Å²) >= 11 is 12.1. The standard InChI is InChI=1S/C10H12Cl2O4/c1-3-6(11)9-8(14)5(15-2)4-7(13)10(9,12)16-9/h3-4,7-8,13-14H,1-2H3/b6-3-. The third kappa shape index (κ3) is 1.22. The number of aliphatic hydroxyl groups is 2. The fourth-order valence-electron chi connectivity index (χ4n) is 2.02. The van der Waals surface area contributed by atoms with Crippen LogP contribution in [0, 0.1) is 0 Å². The van der Waals surface area contributed by atoms with Gasteiger partial charge in [0.25, 0.3) is 0 Å². The number of methoxy groups -OCH3 is 1. The van der Waals surface area contributed by atoms with Gasteiger partial charge in [0, 0.05) is 0 Å². The quantitative estimate of drug-likeness (QED) is 0.581. The Labute approximate surface area is 103 Å². The Morgan fingerprint density at radius 3 is 2.75 bits per heavy atom. The smallest absolute Gasteiger partial charge is 0.209 e. The topological polar surface area (TPSA) is 62.2 Å². The fraction of sp³-hybridized carbons (Fsp3) is 0.600. The Bertz CT molecular complexity index is 381. The van der Waals surface area contributed by atoms with Gasteiger partial charge in [0.1, 0.15) is 18.0 Å². The lowest BCUT2D eigenvalue weighted by Crippen LogP contribution is -2.46. The first kappa shape index (κ1) is 12.2. The number of epoxide rings is 1. The second-order valence-corrected chi connectivity index (χ2v) is 4.71. The lowest BCUT2D eigenvalue weighted by molar-refractivity contribution is 0.0665. The zero-order chi connectivity index (χ0) is 12.1. The number of ether oxygens (including phenoxy) is 2. The number of aliphatic hydroxyl groups excluding tert-OH is 2. The highest BCUT2D eigenvalue weighted by Crippen LogP contribution is 2.64. The van der Waals surface area contributed by atoms with Crippen LogP contribution < -0.4 is 0 Å². The Balaban J connectivity index is 2.47. The molecule has 6 heteroatoms. The largest absolute Gasteiger partial charge is 0.498 e. The van der Waals surface area contributed by atoms with Gasteiger partial charge in [-0.15, -0.1) is 0 Å². The van der Waals surface area contributed by atoms with Crippen molar-refractivity contribution in [2.75, 3.05) is 7.11 Å². The van der Waals surface area contributed by atoms with Crippen molar-refractivity contribution < 1.29 is 19.7 Å². The second-order valence-electron chi connectivity index (χ2n) is 3.74. The number of fused-ring (bicyclic) bond motifs is 1. The first-order valence-corrected chi connectivity index (χ1v) is 5.52. The van der Waals surface area contributed by atoms with Crippen LogP contribution in [-0.4, -0.2) is 40.2 Å². The van der Waals surface area contributed by atoms with Gasteiger partial charge in [-0.1, -0.05) is 29.3 Å². The summed E-state index contributed by atoms with van der Waals surface area (Å²) in [5.74, 6) is 0.196. The molecule has 0 saturated carbocycles. The molecular weight excluding hydrogens is 255 g/mol. The maximum absolute atomic E-state index is 10.1. The molecule has 0 aromatic heterocycles. The van der Waals surface area contributed by atoms with Crippen LogP contribution in [0.25, 0.3) is 0 Å². The molecule has 4 atom stereocenters. The molecule has 1 fully saturated rings. The first-order chi connectivity index (χ1) is 7.44. The van der Waals surface area contributed by atoms with E-state index in [-0.39, 0.29) is 10.8 Å². The van der Waals surface area contributed by atoms with Gasteiger partial charge in [-0.05, 0) is 13.0 Å². The summed E-state index contributed by atoms with van der Waals surface area (Å²) in [4.78, 5) is 0. The van der Waals surface area contributed by atoms with E-state index in [9.17, 15) is 10.2 Å². The first-order valence-electron chi connectivity index (χ1n) is 4.77. The summed E-state index contributed by atoms with van der Waals surface area (Å²) in [6.45, 7) is 1.69. The molecule has 0 amide bonds. The van der Waals surface area contributed by atoms with Crippen molar-refractivity contribution in [3.05, 3.63) is 22.9 Å². The van der Waals surface area contributed by atoms with Gasteiger partial charge in [-0.25, -0.2) is 0 Å². The zero-order valence-corrected chi connectivity index (χ0v) is 10.3. The van der Waals surface area contributed by atoms with Gasteiger partial charge in [-0.3, -0.25) is 0 Å². The van der Waals surface area contributed by atoms with Crippen LogP contribution in [0.2, 0.25) is 0 Å². The van der Waals surface area contributed by atoms with Crippen LogP contribution >= 0.6 is 23.2 Å². The lowest BCUT2D eigenvalue weighted by Gasteiger charge is -2.28. The maximum Gasteiger partial charge on any atom is 0.209 e. The highest BCUT2D eigenvalue weighted by atomic mass is 35.5. The molecule has 4 unspecified atom stereocenters. The lowest BCUT2D eigenvalue weighted by atomic mass is 9.87. The molecule has 90 valence electrons. The Hall–Kier alpha value is -0.260. The minimum absolute atomic E-state index is 0.196. The molecule has 0 radical (unpaired) electrons. The number of halogens is 2. The summed E-state index contributed by atoms with van der Waals surface area (Å²) in [5.41, 5.74) is -1.30. The highest BCUT2D eigenvalue weighted by Gasteiger charge is 2.80. The molecule has 16 heavy (non-hydrogen) atoms. The van der Waals surface area contributed by atoms with E-state index in [1.165, 1.54) is 13.2 Å². The zero-order valence-electron chi connectivity index (χ0n) is 8.78. The summed E-state index contributed by atoms with van der Waals surface area (Å²) < 4.78 is 10.3. The predicted octanol–water partition coefficient (Wildman–Crippen LogP) is 1.10. The van der Waals surface area contributed by atoms with E-state index in [4.69, 9.17) is 32.7 Å². The van der Waals surface area contributed by atoms with E-state index in [1.807, 2.05) is 0 Å². The molecule has 0 bridgehead atoms. The third-order valence-corrected chi connectivity index (χ3v) is 4.06. The van der Waals surface area contributed by atoms with Crippen molar-refractivity contribution in [3.63, 3.8) is 0 Å². The van der Waals surface area contributed by atoms with E-state index in [0.717, 1.165) is 0 Å². The van der Waals surface area contributed by atoms with Crippen molar-refractivity contribution in [1.82, 2.24) is 0 Å². The van der Waals surface area contributed by atoms with Gasteiger partial charge in [0.15, 0.2) is 5.60 Å². The van der Waals surface area contributed by atoms with E-state index in [2.05, 4.69) is 0 Å². The van der Waals surface area contributed by atoms with E-state index in [0.29, 0.717) is 0 Å². The van der Waals surface area contributed by atoms with Crippen molar-refractivity contribution in [2.24, 2.45) is 0 Å². The van der Waals surface area contributed by atoms with Crippen LogP contribution in [0.5, 0.6) is 0 Å². The molecule has 1 aliphatic carbocycles. The third-order valence-electron chi connectivity index (χ3n) is 2.98. The molecule has 2 aliphatic rings. The van der Waals surface area contributed by atoms with Gasteiger partial charge < -0.3 is 19.7 Å². The molecule has 0 aromatic rings. The van der Waals surface area contributed by atoms with Gasteiger partial charge >= 0.3 is 0 Å². The van der Waals surface area contributed by atoms with Crippen molar-refractivity contribution >= 4 is 23.2 Å². The van der Waals surface area contributed by atoms with Gasteiger partial charge in [-0.2, -0.15) is 0 Å². The average Bonchev–Trinajstić information content (AvgIpc) is 2.93. The molecule has 2 rings (SSSR count). The highest BCUT2D eigenvalue weighted by molar-refractivity contribution is 6.35. The molecule has 0 spiro atoms. The number of rotatable bonds is 2. The minimum Gasteiger partial charge on any atom is -0.498 e. The molecule has 1 saturated heterocycles. The van der Waals surface area contributed by atoms with Gasteiger partial charge in [0.2, 0.25) is 5.06 Å². The number of hydrogen-bond acceptors (Lipinski definition) is 4. The Kier molecular flexibility index (Phi) is 2.76. The molecule has 4 nitrogen and oxygen atoms in total.